The molecule has 1 aliphatic rings. The second-order valence-electron chi connectivity index (χ2n) is 6.50. The van der Waals surface area contributed by atoms with Crippen LogP contribution in [0.25, 0.3) is 0 Å². The van der Waals surface area contributed by atoms with E-state index in [2.05, 4.69) is 5.32 Å². The van der Waals surface area contributed by atoms with Crippen LogP contribution in [-0.4, -0.2) is 25.6 Å². The van der Waals surface area contributed by atoms with Crippen LogP contribution in [-0.2, 0) is 20.4 Å². The Morgan fingerprint density at radius 2 is 2.00 bits per heavy atom. The molecule has 128 valence electrons. The minimum atomic E-state index is -3.13. The Morgan fingerprint density at radius 1 is 1.30 bits per heavy atom. The first kappa shape index (κ1) is 17.9. The highest BCUT2D eigenvalue weighted by atomic mass is 32.2. The summed E-state index contributed by atoms with van der Waals surface area (Å²) in [6.45, 7) is 1.77. The van der Waals surface area contributed by atoms with Gasteiger partial charge in [0.2, 0.25) is 5.91 Å². The molecule has 1 saturated carbocycles. The van der Waals surface area contributed by atoms with E-state index in [1.807, 2.05) is 0 Å². The summed E-state index contributed by atoms with van der Waals surface area (Å²) in [6.07, 6.45) is 4.91. The fourth-order valence-electron chi connectivity index (χ4n) is 3.02. The van der Waals surface area contributed by atoms with Crippen LogP contribution in [0.2, 0.25) is 0 Å². The van der Waals surface area contributed by atoms with E-state index in [0.717, 1.165) is 32.1 Å². The van der Waals surface area contributed by atoms with Crippen molar-refractivity contribution in [2.75, 3.05) is 5.32 Å². The molecule has 0 saturated heterocycles. The van der Waals surface area contributed by atoms with E-state index in [1.165, 1.54) is 0 Å². The summed E-state index contributed by atoms with van der Waals surface area (Å²) in [7, 11) is -3.13. The lowest BCUT2D eigenvalue weighted by Gasteiger charge is -2.21. The Kier molecular flexibility index (Phi) is 6.18. The Bertz CT molecular complexity index is 635. The third kappa shape index (κ3) is 5.62. The van der Waals surface area contributed by atoms with Gasteiger partial charge in [-0.1, -0.05) is 31.4 Å². The normalized spacial score (nSPS) is 17.7. The number of nitrogens with two attached hydrogens (primary N) is 1. The van der Waals surface area contributed by atoms with Crippen molar-refractivity contribution < 1.29 is 13.2 Å². The van der Waals surface area contributed by atoms with Gasteiger partial charge in [-0.25, -0.2) is 8.42 Å². The lowest BCUT2D eigenvalue weighted by atomic mass is 10.0. The Morgan fingerprint density at radius 3 is 2.65 bits per heavy atom. The molecule has 1 aromatic rings. The molecule has 0 aliphatic heterocycles. The number of carbonyl (C=O) groups excluding carboxylic acids is 1. The van der Waals surface area contributed by atoms with Crippen LogP contribution >= 0.6 is 0 Å². The predicted molar refractivity (Wildman–Crippen MR) is 92.8 cm³/mol. The fourth-order valence-corrected chi connectivity index (χ4v) is 4.95. The second kappa shape index (κ2) is 7.93. The molecule has 5 nitrogen and oxygen atoms in total. The van der Waals surface area contributed by atoms with Gasteiger partial charge in [0.25, 0.3) is 0 Å². The molecular weight excluding hydrogens is 312 g/mol. The largest absolute Gasteiger partial charge is 0.327 e. The molecule has 1 fully saturated rings. The van der Waals surface area contributed by atoms with Crippen molar-refractivity contribution in [3.05, 3.63) is 29.8 Å². The number of carbonyl (C=O) groups is 1. The summed E-state index contributed by atoms with van der Waals surface area (Å²) >= 11 is 0. The topological polar surface area (TPSA) is 89.3 Å². The highest BCUT2D eigenvalue weighted by Gasteiger charge is 2.27. The zero-order chi connectivity index (χ0) is 16.9. The van der Waals surface area contributed by atoms with Crippen molar-refractivity contribution >= 4 is 21.4 Å². The molecule has 1 atom stereocenters. The summed E-state index contributed by atoms with van der Waals surface area (Å²) in [5, 5.41) is 2.55. The van der Waals surface area contributed by atoms with Crippen LogP contribution in [0.3, 0.4) is 0 Å². The number of anilines is 1. The van der Waals surface area contributed by atoms with Crippen LogP contribution in [0.5, 0.6) is 0 Å². The molecule has 0 bridgehead atoms. The standard InChI is InChI=1S/C17H26N2O3S/c1-13(18)10-17(20)19-15-7-5-6-14(11-15)12-23(21,22)16-8-3-2-4-9-16/h5-7,11,13,16H,2-4,8-10,12,18H2,1H3,(H,19,20). The summed E-state index contributed by atoms with van der Waals surface area (Å²) in [6, 6.07) is 6.86. The predicted octanol–water partition coefficient (Wildman–Crippen LogP) is 2.61. The smallest absolute Gasteiger partial charge is 0.225 e. The van der Waals surface area contributed by atoms with Crippen molar-refractivity contribution in [3.63, 3.8) is 0 Å². The number of rotatable bonds is 6. The first-order valence-electron chi connectivity index (χ1n) is 8.23. The van der Waals surface area contributed by atoms with E-state index in [-0.39, 0.29) is 29.4 Å². The maximum absolute atomic E-state index is 12.5. The Hall–Kier alpha value is -1.40. The molecule has 1 amide bonds. The van der Waals surface area contributed by atoms with Crippen LogP contribution < -0.4 is 11.1 Å². The van der Waals surface area contributed by atoms with Crippen molar-refractivity contribution in [3.8, 4) is 0 Å². The molecule has 3 N–H and O–H groups in total. The maximum Gasteiger partial charge on any atom is 0.225 e. The fraction of sp³-hybridized carbons (Fsp3) is 0.588. The van der Waals surface area contributed by atoms with Crippen LogP contribution in [0.4, 0.5) is 5.69 Å². The van der Waals surface area contributed by atoms with Gasteiger partial charge in [-0.15, -0.1) is 0 Å². The molecule has 2 rings (SSSR count). The molecule has 0 heterocycles. The average molecular weight is 338 g/mol. The third-order valence-corrected chi connectivity index (χ3v) is 6.37. The molecule has 1 aliphatic carbocycles. The van der Waals surface area contributed by atoms with Gasteiger partial charge in [0.15, 0.2) is 9.84 Å². The van der Waals surface area contributed by atoms with E-state index in [9.17, 15) is 13.2 Å². The first-order valence-corrected chi connectivity index (χ1v) is 9.94. The van der Waals surface area contributed by atoms with Crippen molar-refractivity contribution in [2.45, 2.75) is 62.5 Å². The van der Waals surface area contributed by atoms with Crippen molar-refractivity contribution in [2.24, 2.45) is 5.73 Å². The van der Waals surface area contributed by atoms with E-state index in [0.29, 0.717) is 11.3 Å². The molecular formula is C17H26N2O3S. The number of nitrogens with one attached hydrogen (secondary N) is 1. The zero-order valence-corrected chi connectivity index (χ0v) is 14.4. The minimum absolute atomic E-state index is 0.0364. The summed E-state index contributed by atoms with van der Waals surface area (Å²) in [4.78, 5) is 11.8. The van der Waals surface area contributed by atoms with E-state index in [4.69, 9.17) is 5.73 Å². The third-order valence-electron chi connectivity index (χ3n) is 4.15. The van der Waals surface area contributed by atoms with E-state index < -0.39 is 9.84 Å². The number of hydrogen-bond donors (Lipinski definition) is 2. The number of hydrogen-bond acceptors (Lipinski definition) is 4. The van der Waals surface area contributed by atoms with Gasteiger partial charge in [-0.3, -0.25) is 4.79 Å². The molecule has 23 heavy (non-hydrogen) atoms. The van der Waals surface area contributed by atoms with Crippen molar-refractivity contribution in [1.29, 1.82) is 0 Å². The van der Waals surface area contributed by atoms with Crippen molar-refractivity contribution in [1.82, 2.24) is 0 Å². The highest BCUT2D eigenvalue weighted by Crippen LogP contribution is 2.26. The van der Waals surface area contributed by atoms with Crippen LogP contribution in [0, 0.1) is 0 Å². The van der Waals surface area contributed by atoms with Crippen LogP contribution in [0.15, 0.2) is 24.3 Å². The number of amides is 1. The van der Waals surface area contributed by atoms with Gasteiger partial charge in [0.05, 0.1) is 11.0 Å². The van der Waals surface area contributed by atoms with Gasteiger partial charge >= 0.3 is 0 Å². The molecule has 1 aromatic carbocycles. The second-order valence-corrected chi connectivity index (χ2v) is 8.78. The van der Waals surface area contributed by atoms with E-state index in [1.54, 1.807) is 31.2 Å². The molecule has 1 unspecified atom stereocenters. The van der Waals surface area contributed by atoms with Gasteiger partial charge in [-0.2, -0.15) is 0 Å². The monoisotopic (exact) mass is 338 g/mol. The first-order chi connectivity index (χ1) is 10.9. The highest BCUT2D eigenvalue weighted by molar-refractivity contribution is 7.91. The summed E-state index contributed by atoms with van der Waals surface area (Å²) in [5.41, 5.74) is 6.94. The average Bonchev–Trinajstić information content (AvgIpc) is 2.47. The van der Waals surface area contributed by atoms with Gasteiger partial charge in [0.1, 0.15) is 0 Å². The van der Waals surface area contributed by atoms with Gasteiger partial charge < -0.3 is 11.1 Å². The zero-order valence-electron chi connectivity index (χ0n) is 13.6. The molecule has 0 aromatic heterocycles. The minimum Gasteiger partial charge on any atom is -0.327 e. The van der Waals surface area contributed by atoms with Gasteiger partial charge in [0, 0.05) is 18.2 Å². The summed E-state index contributed by atoms with van der Waals surface area (Å²) in [5.74, 6) is -0.124. The molecule has 0 radical (unpaired) electrons. The summed E-state index contributed by atoms with van der Waals surface area (Å²) < 4.78 is 25.1. The molecule has 0 spiro atoms. The van der Waals surface area contributed by atoms with Crippen LogP contribution in [0.1, 0.15) is 51.0 Å². The van der Waals surface area contributed by atoms with Gasteiger partial charge in [-0.05, 0) is 37.5 Å². The SMILES string of the molecule is CC(N)CC(=O)Nc1cccc(CS(=O)(=O)C2CCCCC2)c1. The Balaban J connectivity index is 2.03. The number of sulfone groups is 1. The maximum atomic E-state index is 12.5. The van der Waals surface area contributed by atoms with E-state index >= 15 is 0 Å². The quantitative estimate of drug-likeness (QED) is 0.834. The lowest BCUT2D eigenvalue weighted by Crippen LogP contribution is -2.25. The lowest BCUT2D eigenvalue weighted by molar-refractivity contribution is -0.116. The number of benzene rings is 1. The molecule has 6 heteroatoms. The Labute approximate surface area is 138 Å².